The molecule has 0 aliphatic carbocycles. The van der Waals surface area contributed by atoms with E-state index in [0.29, 0.717) is 6.61 Å². The molecule has 132 valence electrons. The minimum absolute atomic E-state index is 0.211. The Hall–Kier alpha value is -0.610. The number of nitrogens with zero attached hydrogens (tertiary/aromatic N) is 1. The monoisotopic (exact) mass is 307 g/mol. The van der Waals surface area contributed by atoms with E-state index >= 15 is 0 Å². The maximum Gasteiger partial charge on any atom is 0.302 e. The molecule has 4 nitrogen and oxygen atoms in total. The lowest BCUT2D eigenvalue weighted by atomic mass is 10.2. The summed E-state index contributed by atoms with van der Waals surface area (Å²) in [5, 5.41) is 7.00. The molecule has 0 spiro atoms. The van der Waals surface area contributed by atoms with Crippen molar-refractivity contribution < 1.29 is 14.6 Å². The molecule has 0 rings (SSSR count). The highest BCUT2D eigenvalue weighted by Crippen LogP contribution is 1.95. The van der Waals surface area contributed by atoms with Crippen molar-refractivity contribution in [3.8, 4) is 0 Å². The number of carbonyl (C=O) groups is 1. The van der Waals surface area contributed by atoms with Crippen LogP contribution in [0.1, 0.15) is 74.1 Å². The zero-order valence-electron chi connectivity index (χ0n) is 15.9. The third-order valence-electron chi connectivity index (χ3n) is 2.65. The highest BCUT2D eigenvalue weighted by atomic mass is 16.5. The summed E-state index contributed by atoms with van der Waals surface area (Å²) in [6.07, 6.45) is 5.54. The molecule has 0 bridgehead atoms. The topological polar surface area (TPSA) is 49.8 Å². The molecule has 4 heteroatoms. The number of aliphatic hydroxyl groups excluding tert-OH is 1. The van der Waals surface area contributed by atoms with Crippen LogP contribution >= 0.6 is 0 Å². The molecule has 0 aromatic carbocycles. The number of rotatable bonds is 7. The highest BCUT2D eigenvalue weighted by Gasteiger charge is 1.89. The summed E-state index contributed by atoms with van der Waals surface area (Å²) in [4.78, 5) is 12.2. The SMILES string of the molecule is CCCCCC.CCN(CC)CC.CCOC(C)=O.CO. The van der Waals surface area contributed by atoms with Crippen LogP contribution in [0.15, 0.2) is 0 Å². The summed E-state index contributed by atoms with van der Waals surface area (Å²) in [5.74, 6) is -0.211. The van der Waals surface area contributed by atoms with Gasteiger partial charge in [0.2, 0.25) is 0 Å². The van der Waals surface area contributed by atoms with Gasteiger partial charge < -0.3 is 14.7 Å². The maximum atomic E-state index is 9.82. The summed E-state index contributed by atoms with van der Waals surface area (Å²) in [6, 6.07) is 0. The van der Waals surface area contributed by atoms with Gasteiger partial charge >= 0.3 is 5.97 Å². The Balaban J connectivity index is -0.0000000976. The molecule has 0 aromatic heterocycles. The second kappa shape index (κ2) is 31.7. The third-order valence-corrected chi connectivity index (χ3v) is 2.65. The Kier molecular flexibility index (Phi) is 43.0. The van der Waals surface area contributed by atoms with Crippen molar-refractivity contribution in [1.82, 2.24) is 4.90 Å². The average Bonchev–Trinajstić information content (AvgIpc) is 2.50. The number of ether oxygens (including phenoxy) is 1. The first-order valence-electron chi connectivity index (χ1n) is 8.34. The molecule has 0 saturated carbocycles. The van der Waals surface area contributed by atoms with Crippen LogP contribution < -0.4 is 0 Å². The van der Waals surface area contributed by atoms with E-state index in [-0.39, 0.29) is 5.97 Å². The van der Waals surface area contributed by atoms with Crippen molar-refractivity contribution in [3.05, 3.63) is 0 Å². The molecule has 0 aliphatic rings. The standard InChI is InChI=1S/C6H15N.C6H14.C4H8O2.CH4O/c1-4-7(5-2)6-3;1-3-5-6-4-2;1-3-6-4(2)5;1-2/h4-6H2,1-3H3;3-6H2,1-2H3;3H2,1-2H3;2H,1H3. The number of esters is 1. The Bertz CT molecular complexity index is 151. The van der Waals surface area contributed by atoms with E-state index in [1.807, 2.05) is 0 Å². The van der Waals surface area contributed by atoms with Crippen LogP contribution in [0.2, 0.25) is 0 Å². The Morgan fingerprint density at radius 1 is 0.857 bits per heavy atom. The van der Waals surface area contributed by atoms with Crippen LogP contribution in [0.25, 0.3) is 0 Å². The van der Waals surface area contributed by atoms with E-state index in [1.165, 1.54) is 52.2 Å². The normalized spacial score (nSPS) is 8.48. The first-order chi connectivity index (χ1) is 10.0. The van der Waals surface area contributed by atoms with Gasteiger partial charge in [0, 0.05) is 14.0 Å². The van der Waals surface area contributed by atoms with E-state index < -0.39 is 0 Å². The lowest BCUT2D eigenvalue weighted by Crippen LogP contribution is -2.21. The fraction of sp³-hybridized carbons (Fsp3) is 0.941. The van der Waals surface area contributed by atoms with Gasteiger partial charge in [-0.15, -0.1) is 0 Å². The molecular formula is C17H41NO3. The van der Waals surface area contributed by atoms with Gasteiger partial charge in [0.15, 0.2) is 0 Å². The highest BCUT2D eigenvalue weighted by molar-refractivity contribution is 5.65. The fourth-order valence-electron chi connectivity index (χ4n) is 1.37. The largest absolute Gasteiger partial charge is 0.466 e. The molecule has 0 fully saturated rings. The zero-order chi connectivity index (χ0) is 17.5. The van der Waals surface area contributed by atoms with Gasteiger partial charge in [0.1, 0.15) is 0 Å². The zero-order valence-corrected chi connectivity index (χ0v) is 15.9. The second-order valence-corrected chi connectivity index (χ2v) is 4.25. The van der Waals surface area contributed by atoms with E-state index in [0.717, 1.165) is 7.11 Å². The van der Waals surface area contributed by atoms with Crippen molar-refractivity contribution in [2.24, 2.45) is 0 Å². The van der Waals surface area contributed by atoms with Crippen molar-refractivity contribution in [2.45, 2.75) is 74.1 Å². The van der Waals surface area contributed by atoms with Crippen molar-refractivity contribution in [1.29, 1.82) is 0 Å². The maximum absolute atomic E-state index is 9.82. The van der Waals surface area contributed by atoms with Gasteiger partial charge in [-0.1, -0.05) is 60.3 Å². The smallest absolute Gasteiger partial charge is 0.302 e. The molecule has 0 heterocycles. The van der Waals surface area contributed by atoms with Crippen molar-refractivity contribution in [3.63, 3.8) is 0 Å². The quantitative estimate of drug-likeness (QED) is 0.568. The molecule has 0 saturated heterocycles. The van der Waals surface area contributed by atoms with Gasteiger partial charge in [-0.25, -0.2) is 0 Å². The van der Waals surface area contributed by atoms with Crippen LogP contribution in [0, 0.1) is 0 Å². The number of hydrogen-bond acceptors (Lipinski definition) is 4. The van der Waals surface area contributed by atoms with Gasteiger partial charge in [-0.05, 0) is 26.6 Å². The molecule has 21 heavy (non-hydrogen) atoms. The van der Waals surface area contributed by atoms with E-state index in [2.05, 4.69) is 44.3 Å². The Morgan fingerprint density at radius 2 is 1.19 bits per heavy atom. The minimum atomic E-state index is -0.211. The first kappa shape index (κ1) is 28.5. The molecule has 0 atom stereocenters. The molecule has 0 aromatic rings. The van der Waals surface area contributed by atoms with Crippen LogP contribution in [-0.2, 0) is 9.53 Å². The van der Waals surface area contributed by atoms with E-state index in [9.17, 15) is 4.79 Å². The molecular weight excluding hydrogens is 266 g/mol. The Labute approximate surface area is 133 Å². The van der Waals surface area contributed by atoms with Gasteiger partial charge in [-0.3, -0.25) is 4.79 Å². The first-order valence-corrected chi connectivity index (χ1v) is 8.34. The average molecular weight is 308 g/mol. The predicted octanol–water partition coefficient (Wildman–Crippen LogP) is 4.11. The number of unbranched alkanes of at least 4 members (excludes halogenated alkanes) is 3. The summed E-state index contributed by atoms with van der Waals surface area (Å²) in [5.41, 5.74) is 0. The summed E-state index contributed by atoms with van der Waals surface area (Å²) < 4.78 is 4.40. The molecule has 0 radical (unpaired) electrons. The van der Waals surface area contributed by atoms with Gasteiger partial charge in [-0.2, -0.15) is 0 Å². The van der Waals surface area contributed by atoms with Crippen LogP contribution in [0.3, 0.4) is 0 Å². The number of carbonyl (C=O) groups excluding carboxylic acids is 1. The van der Waals surface area contributed by atoms with Gasteiger partial charge in [0.05, 0.1) is 6.61 Å². The van der Waals surface area contributed by atoms with E-state index in [4.69, 9.17) is 5.11 Å². The molecule has 0 unspecified atom stereocenters. The van der Waals surface area contributed by atoms with Crippen LogP contribution in [0.4, 0.5) is 0 Å². The fourth-order valence-corrected chi connectivity index (χ4v) is 1.37. The number of aliphatic hydroxyl groups is 1. The van der Waals surface area contributed by atoms with Gasteiger partial charge in [0.25, 0.3) is 0 Å². The third kappa shape index (κ3) is 45.2. The summed E-state index contributed by atoms with van der Waals surface area (Å²) in [6.45, 7) is 18.2. The summed E-state index contributed by atoms with van der Waals surface area (Å²) in [7, 11) is 1.00. The molecule has 1 N–H and O–H groups in total. The van der Waals surface area contributed by atoms with Crippen LogP contribution in [0.5, 0.6) is 0 Å². The van der Waals surface area contributed by atoms with E-state index in [1.54, 1.807) is 6.92 Å². The lowest BCUT2D eigenvalue weighted by Gasteiger charge is -2.13. The number of hydrogen-bond donors (Lipinski definition) is 1. The summed E-state index contributed by atoms with van der Waals surface area (Å²) >= 11 is 0. The van der Waals surface area contributed by atoms with Crippen molar-refractivity contribution in [2.75, 3.05) is 33.4 Å². The lowest BCUT2D eigenvalue weighted by molar-refractivity contribution is -0.140. The molecule has 0 aliphatic heterocycles. The van der Waals surface area contributed by atoms with Crippen molar-refractivity contribution >= 4 is 5.97 Å². The molecule has 0 amide bonds. The predicted molar refractivity (Wildman–Crippen MR) is 93.7 cm³/mol. The Morgan fingerprint density at radius 3 is 1.24 bits per heavy atom. The second-order valence-electron chi connectivity index (χ2n) is 4.25. The van der Waals surface area contributed by atoms with Crippen LogP contribution in [-0.4, -0.2) is 49.3 Å². The minimum Gasteiger partial charge on any atom is -0.466 e.